The molecule has 4 rings (SSSR count). The van der Waals surface area contributed by atoms with Gasteiger partial charge in [0, 0.05) is 24.4 Å². The molecule has 1 atom stereocenters. The Bertz CT molecular complexity index is 1390. The van der Waals surface area contributed by atoms with E-state index in [0.29, 0.717) is 28.4 Å². The highest BCUT2D eigenvalue weighted by Crippen LogP contribution is 2.35. The second-order valence-electron chi connectivity index (χ2n) is 8.63. The number of anilines is 1. The molecule has 0 aliphatic heterocycles. The van der Waals surface area contributed by atoms with Gasteiger partial charge < -0.3 is 15.8 Å². The number of nitrogens with zero attached hydrogens (tertiary/aromatic N) is 3. The number of fused-ring (bicyclic) bond motifs is 1. The summed E-state index contributed by atoms with van der Waals surface area (Å²) >= 11 is 6.27. The fourth-order valence-corrected chi connectivity index (χ4v) is 4.30. The van der Waals surface area contributed by atoms with E-state index in [0.717, 1.165) is 5.56 Å². The van der Waals surface area contributed by atoms with E-state index < -0.39 is 11.7 Å². The monoisotopic (exact) mass is 495 g/mol. The van der Waals surface area contributed by atoms with E-state index in [1.165, 1.54) is 6.07 Å². The molecular weight excluding hydrogens is 469 g/mol. The molecule has 3 N–H and O–H groups in total. The molecule has 0 aliphatic rings. The third kappa shape index (κ3) is 4.93. The van der Waals surface area contributed by atoms with Crippen LogP contribution in [0.25, 0.3) is 5.52 Å². The maximum absolute atomic E-state index is 15.3. The van der Waals surface area contributed by atoms with Gasteiger partial charge in [-0.15, -0.1) is 0 Å². The van der Waals surface area contributed by atoms with Gasteiger partial charge in [-0.1, -0.05) is 41.9 Å². The number of carbonyl (C=O) groups excluding carboxylic acids is 1. The van der Waals surface area contributed by atoms with E-state index in [1.54, 1.807) is 12.4 Å². The van der Waals surface area contributed by atoms with Crippen molar-refractivity contribution in [3.8, 4) is 5.75 Å². The van der Waals surface area contributed by atoms with E-state index >= 15 is 4.39 Å². The van der Waals surface area contributed by atoms with Gasteiger partial charge in [-0.05, 0) is 39.3 Å². The highest BCUT2D eigenvalue weighted by Gasteiger charge is 2.27. The third-order valence-corrected chi connectivity index (χ3v) is 5.93. The number of hydrogen-bond donors (Lipinski definition) is 2. The molecule has 2 heterocycles. The molecule has 2 aromatic heterocycles. The summed E-state index contributed by atoms with van der Waals surface area (Å²) in [5.41, 5.74) is 8.63. The summed E-state index contributed by atoms with van der Waals surface area (Å²) in [6, 6.07) is 10.6. The van der Waals surface area contributed by atoms with E-state index in [-0.39, 0.29) is 34.9 Å². The van der Waals surface area contributed by atoms with Crippen molar-refractivity contribution in [1.29, 1.82) is 0 Å². The molecular formula is C26H27ClFN5O2. The Labute approximate surface area is 208 Å². The number of amides is 1. The smallest absolute Gasteiger partial charge is 0.258 e. The standard InChI is InChI=1S/C26H27ClFN5O2/c1-14(2)35-24-18(13-20-31-16(4)23-25(29)30-10-11-33(20)23)12-19(27)22(28)21(24)26(34)32-15(3)17-8-6-5-7-9-17/h5-12,14-15H,13H2,1-4H3,(H2,29,30)(H,32,34)/t15-/m1/s1. The fourth-order valence-electron chi connectivity index (χ4n) is 4.07. The first kappa shape index (κ1) is 24.5. The van der Waals surface area contributed by atoms with Crippen molar-refractivity contribution < 1.29 is 13.9 Å². The minimum atomic E-state index is -0.832. The maximum Gasteiger partial charge on any atom is 0.258 e. The number of halogens is 2. The van der Waals surface area contributed by atoms with Gasteiger partial charge in [-0.25, -0.2) is 14.4 Å². The molecule has 0 fully saturated rings. The zero-order valence-corrected chi connectivity index (χ0v) is 20.7. The summed E-state index contributed by atoms with van der Waals surface area (Å²) in [5.74, 6) is -0.324. The van der Waals surface area contributed by atoms with Gasteiger partial charge in [0.2, 0.25) is 0 Å². The molecule has 0 unspecified atom stereocenters. The van der Waals surface area contributed by atoms with E-state index in [4.69, 9.17) is 22.1 Å². The van der Waals surface area contributed by atoms with Crippen molar-refractivity contribution in [3.63, 3.8) is 0 Å². The lowest BCUT2D eigenvalue weighted by molar-refractivity contribution is 0.0929. The van der Waals surface area contributed by atoms with Crippen molar-refractivity contribution in [2.45, 2.75) is 46.3 Å². The van der Waals surface area contributed by atoms with E-state index in [9.17, 15) is 4.79 Å². The lowest BCUT2D eigenvalue weighted by Gasteiger charge is -2.21. The molecule has 0 saturated heterocycles. The average molecular weight is 496 g/mol. The van der Waals surface area contributed by atoms with Crippen LogP contribution in [0.5, 0.6) is 5.75 Å². The minimum absolute atomic E-state index is 0.135. The van der Waals surface area contributed by atoms with Gasteiger partial charge in [0.1, 0.15) is 28.5 Å². The first-order valence-corrected chi connectivity index (χ1v) is 11.7. The molecule has 0 aliphatic carbocycles. The summed E-state index contributed by atoms with van der Waals surface area (Å²) in [4.78, 5) is 22.1. The number of aryl methyl sites for hydroxylation is 1. The molecule has 182 valence electrons. The molecule has 7 nitrogen and oxygen atoms in total. The van der Waals surface area contributed by atoms with Gasteiger partial charge in [-0.3, -0.25) is 9.20 Å². The predicted octanol–water partition coefficient (Wildman–Crippen LogP) is 5.28. The number of nitrogens with two attached hydrogens (primary N) is 1. The Morgan fingerprint density at radius 2 is 1.97 bits per heavy atom. The lowest BCUT2D eigenvalue weighted by Crippen LogP contribution is -2.29. The third-order valence-electron chi connectivity index (χ3n) is 5.66. The van der Waals surface area contributed by atoms with Gasteiger partial charge in [0.15, 0.2) is 5.82 Å². The molecule has 0 radical (unpaired) electrons. The number of nitrogen functional groups attached to an aromatic ring is 1. The maximum atomic E-state index is 15.3. The quantitative estimate of drug-likeness (QED) is 0.363. The Morgan fingerprint density at radius 3 is 2.66 bits per heavy atom. The molecule has 9 heteroatoms. The highest BCUT2D eigenvalue weighted by atomic mass is 35.5. The largest absolute Gasteiger partial charge is 0.490 e. The molecule has 4 aromatic rings. The van der Waals surface area contributed by atoms with Gasteiger partial charge in [0.25, 0.3) is 5.91 Å². The molecule has 0 spiro atoms. The van der Waals surface area contributed by atoms with Crippen molar-refractivity contribution >= 4 is 28.8 Å². The average Bonchev–Trinajstić information content (AvgIpc) is 3.13. The number of ether oxygens (including phenoxy) is 1. The van der Waals surface area contributed by atoms with Crippen LogP contribution in [-0.2, 0) is 6.42 Å². The first-order valence-electron chi connectivity index (χ1n) is 11.3. The molecule has 1 amide bonds. The van der Waals surface area contributed by atoms with Gasteiger partial charge in [-0.2, -0.15) is 0 Å². The number of aromatic nitrogens is 3. The Hall–Kier alpha value is -3.65. The lowest BCUT2D eigenvalue weighted by atomic mass is 10.0. The van der Waals surface area contributed by atoms with Crippen molar-refractivity contribution in [2.24, 2.45) is 0 Å². The SMILES string of the molecule is Cc1nc(Cc2cc(Cl)c(F)c(C(=O)N[C@H](C)c3ccccc3)c2OC(C)C)n2ccnc(N)c12. The van der Waals surface area contributed by atoms with Crippen LogP contribution in [0, 0.1) is 12.7 Å². The predicted molar refractivity (Wildman–Crippen MR) is 134 cm³/mol. The summed E-state index contributed by atoms with van der Waals surface area (Å²) in [7, 11) is 0. The second-order valence-corrected chi connectivity index (χ2v) is 9.04. The molecule has 0 bridgehead atoms. The summed E-state index contributed by atoms with van der Waals surface area (Å²) in [6.07, 6.45) is 3.25. The summed E-state index contributed by atoms with van der Waals surface area (Å²) < 4.78 is 23.2. The number of rotatable bonds is 7. The van der Waals surface area contributed by atoms with Crippen LogP contribution in [0.2, 0.25) is 5.02 Å². The minimum Gasteiger partial charge on any atom is -0.490 e. The Morgan fingerprint density at radius 1 is 1.26 bits per heavy atom. The molecule has 0 saturated carbocycles. The van der Waals surface area contributed by atoms with Gasteiger partial charge in [0.05, 0.1) is 22.9 Å². The van der Waals surface area contributed by atoms with Crippen LogP contribution in [0.1, 0.15) is 59.8 Å². The van der Waals surface area contributed by atoms with Gasteiger partial charge >= 0.3 is 0 Å². The van der Waals surface area contributed by atoms with Crippen molar-refractivity contribution in [3.05, 3.63) is 87.8 Å². The number of carbonyl (C=O) groups is 1. The Kier molecular flexibility index (Phi) is 6.93. The number of nitrogens with one attached hydrogen (secondary N) is 1. The fraction of sp³-hybridized carbons (Fsp3) is 0.269. The normalized spacial score (nSPS) is 12.2. The highest BCUT2D eigenvalue weighted by molar-refractivity contribution is 6.31. The van der Waals surface area contributed by atoms with Crippen LogP contribution in [-0.4, -0.2) is 26.4 Å². The number of benzene rings is 2. The van der Waals surface area contributed by atoms with Crippen LogP contribution in [0.4, 0.5) is 10.2 Å². The van der Waals surface area contributed by atoms with Crippen LogP contribution in [0.3, 0.4) is 0 Å². The zero-order chi connectivity index (χ0) is 25.3. The molecule has 2 aromatic carbocycles. The van der Waals surface area contributed by atoms with Crippen LogP contribution in [0.15, 0.2) is 48.8 Å². The molecule has 35 heavy (non-hydrogen) atoms. The summed E-state index contributed by atoms with van der Waals surface area (Å²) in [5, 5.41) is 2.69. The second kappa shape index (κ2) is 9.92. The number of hydrogen-bond acceptors (Lipinski definition) is 5. The Balaban J connectivity index is 1.79. The van der Waals surface area contributed by atoms with Crippen molar-refractivity contribution in [2.75, 3.05) is 5.73 Å². The van der Waals surface area contributed by atoms with Crippen LogP contribution >= 0.6 is 11.6 Å². The first-order chi connectivity index (χ1) is 16.7. The topological polar surface area (TPSA) is 94.5 Å². The zero-order valence-electron chi connectivity index (χ0n) is 20.0. The van der Waals surface area contributed by atoms with Crippen LogP contribution < -0.4 is 15.8 Å². The van der Waals surface area contributed by atoms with E-state index in [2.05, 4.69) is 15.3 Å². The summed E-state index contributed by atoms with van der Waals surface area (Å²) in [6.45, 7) is 7.29. The number of imidazole rings is 1. The van der Waals surface area contributed by atoms with E-state index in [1.807, 2.05) is 62.4 Å². The van der Waals surface area contributed by atoms with Crippen molar-refractivity contribution in [1.82, 2.24) is 19.7 Å².